The van der Waals surface area contributed by atoms with Gasteiger partial charge in [0, 0.05) is 31.5 Å². The van der Waals surface area contributed by atoms with Crippen LogP contribution in [-0.2, 0) is 22.0 Å². The molecule has 1 saturated heterocycles. The van der Waals surface area contributed by atoms with Gasteiger partial charge >= 0.3 is 6.18 Å². The Morgan fingerprint density at radius 2 is 1.84 bits per heavy atom. The van der Waals surface area contributed by atoms with Gasteiger partial charge in [0.2, 0.25) is 0 Å². The Balaban J connectivity index is 1.41. The Morgan fingerprint density at radius 1 is 1.14 bits per heavy atom. The fraction of sp³-hybridized carbons (Fsp3) is 0.593. The van der Waals surface area contributed by atoms with Gasteiger partial charge in [-0.05, 0) is 80.8 Å². The van der Waals surface area contributed by atoms with Gasteiger partial charge in [-0.15, -0.1) is 0 Å². The minimum atomic E-state index is -4.28. The third-order valence-electron chi connectivity index (χ3n) is 7.75. The van der Waals surface area contributed by atoms with Crippen molar-refractivity contribution >= 4 is 9.84 Å². The third-order valence-corrected chi connectivity index (χ3v) is 9.60. The molecule has 2 aliphatic heterocycles. The van der Waals surface area contributed by atoms with E-state index in [0.29, 0.717) is 31.5 Å². The van der Waals surface area contributed by atoms with Gasteiger partial charge in [0.15, 0.2) is 9.84 Å². The smallest absolute Gasteiger partial charge is 0.406 e. The maximum absolute atomic E-state index is 13.5. The summed E-state index contributed by atoms with van der Waals surface area (Å²) in [5, 5.41) is 9.12. The summed E-state index contributed by atoms with van der Waals surface area (Å²) in [6.45, 7) is 4.67. The quantitative estimate of drug-likeness (QED) is 0.544. The number of piperidine rings is 1. The predicted molar refractivity (Wildman–Crippen MR) is 136 cm³/mol. The Labute approximate surface area is 216 Å². The van der Waals surface area contributed by atoms with Crippen LogP contribution in [0.4, 0.5) is 13.2 Å². The van der Waals surface area contributed by atoms with Crippen molar-refractivity contribution < 1.29 is 31.4 Å². The molecule has 6 nitrogen and oxygen atoms in total. The molecule has 1 aromatic heterocycles. The number of aliphatic hydroxyl groups excluding tert-OH is 1. The van der Waals surface area contributed by atoms with Crippen LogP contribution in [0, 0.1) is 5.92 Å². The zero-order valence-electron chi connectivity index (χ0n) is 21.5. The van der Waals surface area contributed by atoms with Gasteiger partial charge in [0.1, 0.15) is 16.9 Å². The molecule has 1 aromatic carbocycles. The second-order valence-electron chi connectivity index (χ2n) is 11.0. The van der Waals surface area contributed by atoms with Gasteiger partial charge in [0.25, 0.3) is 0 Å². The van der Waals surface area contributed by atoms with E-state index in [1.54, 1.807) is 25.3 Å². The summed E-state index contributed by atoms with van der Waals surface area (Å²) >= 11 is 0. The van der Waals surface area contributed by atoms with Crippen molar-refractivity contribution in [3.8, 4) is 17.0 Å². The van der Waals surface area contributed by atoms with Crippen molar-refractivity contribution in [2.45, 2.75) is 69.5 Å². The first-order chi connectivity index (χ1) is 17.2. The maximum atomic E-state index is 13.5. The molecule has 3 heterocycles. The molecular formula is C27H35F3N2O4S. The Bertz CT molecular complexity index is 1210. The van der Waals surface area contributed by atoms with E-state index in [1.165, 1.54) is 18.7 Å². The fourth-order valence-corrected chi connectivity index (χ4v) is 6.93. The number of rotatable bonds is 7. The molecule has 10 heteroatoms. The van der Waals surface area contributed by atoms with Crippen LogP contribution in [0.3, 0.4) is 0 Å². The molecule has 204 valence electrons. The minimum absolute atomic E-state index is 0.0737. The first kappa shape index (κ1) is 27.9. The minimum Gasteiger partial charge on any atom is -0.487 e. The number of fused-ring (bicyclic) bond motifs is 1. The van der Waals surface area contributed by atoms with E-state index in [9.17, 15) is 21.6 Å². The van der Waals surface area contributed by atoms with Gasteiger partial charge in [-0.1, -0.05) is 13.0 Å². The average Bonchev–Trinajstić information content (AvgIpc) is 2.83. The van der Waals surface area contributed by atoms with E-state index in [2.05, 4.69) is 4.98 Å². The fourth-order valence-electron chi connectivity index (χ4n) is 5.16. The standard InChI is InChI=1S/C27H35F3N2O4S/c1-19(16-33)17-37(34,35)18-20-4-6-23(31-15-20)21-5-7-24-22(14-21)8-9-26(36-24)10-12-32(13-11-26)25(2,3)27(28,29)30/h4-7,14-15,19,33H,8-13,16-18H2,1-3H3/t19-/m0/s1. The van der Waals surface area contributed by atoms with E-state index < -0.39 is 27.2 Å². The highest BCUT2D eigenvalue weighted by atomic mass is 32.2. The van der Waals surface area contributed by atoms with E-state index in [1.807, 2.05) is 18.2 Å². The predicted octanol–water partition coefficient (Wildman–Crippen LogP) is 4.79. The highest BCUT2D eigenvalue weighted by Crippen LogP contribution is 2.43. The number of sulfone groups is 1. The number of ether oxygens (including phenoxy) is 1. The molecule has 1 spiro atoms. The van der Waals surface area contributed by atoms with Crippen LogP contribution in [0.2, 0.25) is 0 Å². The number of hydrogen-bond donors (Lipinski definition) is 1. The van der Waals surface area contributed by atoms with Gasteiger partial charge in [-0.3, -0.25) is 9.88 Å². The highest BCUT2D eigenvalue weighted by Gasteiger charge is 2.53. The second-order valence-corrected chi connectivity index (χ2v) is 13.2. The number of aliphatic hydroxyl groups is 1. The van der Waals surface area contributed by atoms with Crippen molar-refractivity contribution in [1.82, 2.24) is 9.88 Å². The molecule has 0 saturated carbocycles. The normalized spacial score (nSPS) is 19.3. The van der Waals surface area contributed by atoms with E-state index >= 15 is 0 Å². The van der Waals surface area contributed by atoms with E-state index in [0.717, 1.165) is 35.4 Å². The molecule has 0 radical (unpaired) electrons. The van der Waals surface area contributed by atoms with Crippen molar-refractivity contribution in [2.24, 2.45) is 5.92 Å². The van der Waals surface area contributed by atoms with Crippen LogP contribution in [0.15, 0.2) is 36.5 Å². The van der Waals surface area contributed by atoms with Crippen molar-refractivity contribution in [3.63, 3.8) is 0 Å². The zero-order valence-corrected chi connectivity index (χ0v) is 22.3. The van der Waals surface area contributed by atoms with Crippen molar-refractivity contribution in [2.75, 3.05) is 25.4 Å². The lowest BCUT2D eigenvalue weighted by atomic mass is 9.81. The molecular weight excluding hydrogens is 505 g/mol. The topological polar surface area (TPSA) is 79.7 Å². The molecule has 37 heavy (non-hydrogen) atoms. The van der Waals surface area contributed by atoms with Crippen LogP contribution in [0.1, 0.15) is 51.2 Å². The molecule has 2 aliphatic rings. The molecule has 1 atom stereocenters. The molecule has 0 bridgehead atoms. The van der Waals surface area contributed by atoms with Crippen LogP contribution < -0.4 is 4.74 Å². The highest BCUT2D eigenvalue weighted by molar-refractivity contribution is 7.90. The molecule has 1 N–H and O–H groups in total. The number of aryl methyl sites for hydroxylation is 1. The summed E-state index contributed by atoms with van der Waals surface area (Å²) in [6.07, 6.45) is -0.0938. The zero-order chi connectivity index (χ0) is 27.1. The first-order valence-electron chi connectivity index (χ1n) is 12.6. The molecule has 0 aliphatic carbocycles. The molecule has 2 aromatic rings. The number of pyridine rings is 1. The van der Waals surface area contributed by atoms with Crippen molar-refractivity contribution in [3.05, 3.63) is 47.7 Å². The lowest BCUT2D eigenvalue weighted by molar-refractivity contribution is -0.227. The van der Waals surface area contributed by atoms with Gasteiger partial charge < -0.3 is 9.84 Å². The van der Waals surface area contributed by atoms with Gasteiger partial charge in [-0.2, -0.15) is 13.2 Å². The molecule has 4 rings (SSSR count). The largest absolute Gasteiger partial charge is 0.487 e. The summed E-state index contributed by atoms with van der Waals surface area (Å²) in [5.74, 6) is 0.255. The first-order valence-corrected chi connectivity index (χ1v) is 14.5. The number of aromatic nitrogens is 1. The monoisotopic (exact) mass is 540 g/mol. The number of nitrogens with zero attached hydrogens (tertiary/aromatic N) is 2. The number of halogens is 3. The van der Waals surface area contributed by atoms with Gasteiger partial charge in [-0.25, -0.2) is 8.42 Å². The Hall–Kier alpha value is -2.17. The summed E-state index contributed by atoms with van der Waals surface area (Å²) in [5.41, 5.74) is 0.940. The van der Waals surface area contributed by atoms with E-state index in [-0.39, 0.29) is 24.0 Å². The molecule has 0 amide bonds. The number of hydrogen-bond acceptors (Lipinski definition) is 6. The SMILES string of the molecule is C[C@@H](CO)CS(=O)(=O)Cc1ccc(-c2ccc3c(c2)CCC2(CCN(C(C)(C)C(F)(F)F)CC2)O3)nc1. The number of alkyl halides is 3. The lowest BCUT2D eigenvalue weighted by Gasteiger charge is -2.49. The third kappa shape index (κ3) is 6.12. The van der Waals surface area contributed by atoms with Crippen LogP contribution in [0.25, 0.3) is 11.3 Å². The summed E-state index contributed by atoms with van der Waals surface area (Å²) in [7, 11) is -3.34. The second kappa shape index (κ2) is 10.2. The Kier molecular flexibility index (Phi) is 7.67. The van der Waals surface area contributed by atoms with Crippen LogP contribution in [0.5, 0.6) is 5.75 Å². The number of likely N-dealkylation sites (tertiary alicyclic amines) is 1. The van der Waals surface area contributed by atoms with Crippen LogP contribution >= 0.6 is 0 Å². The Morgan fingerprint density at radius 3 is 2.43 bits per heavy atom. The maximum Gasteiger partial charge on any atom is 0.406 e. The molecule has 0 unspecified atom stereocenters. The summed E-state index contributed by atoms with van der Waals surface area (Å²) in [6, 6.07) is 9.37. The summed E-state index contributed by atoms with van der Waals surface area (Å²) in [4.78, 5) is 5.97. The van der Waals surface area contributed by atoms with Crippen LogP contribution in [-0.4, -0.2) is 66.2 Å². The van der Waals surface area contributed by atoms with E-state index in [4.69, 9.17) is 9.84 Å². The average molecular weight is 541 g/mol. The van der Waals surface area contributed by atoms with Gasteiger partial charge in [0.05, 0.1) is 17.2 Å². The number of benzene rings is 1. The van der Waals surface area contributed by atoms with Crippen molar-refractivity contribution in [1.29, 1.82) is 0 Å². The molecule has 1 fully saturated rings. The lowest BCUT2D eigenvalue weighted by Crippen LogP contribution is -2.60. The summed E-state index contributed by atoms with van der Waals surface area (Å²) < 4.78 is 71.4.